The second-order valence-corrected chi connectivity index (χ2v) is 7.40. The summed E-state index contributed by atoms with van der Waals surface area (Å²) in [5, 5.41) is 3.24. The molecule has 2 aromatic carbocycles. The second kappa shape index (κ2) is 11.2. The topological polar surface area (TPSA) is 59.5 Å². The van der Waals surface area contributed by atoms with Gasteiger partial charge in [-0.1, -0.05) is 31.5 Å². The molecule has 1 aromatic heterocycles. The van der Waals surface area contributed by atoms with E-state index in [0.717, 1.165) is 31.8 Å². The van der Waals surface area contributed by atoms with E-state index in [1.54, 1.807) is 30.5 Å². The molecule has 0 saturated heterocycles. The van der Waals surface area contributed by atoms with Crippen molar-refractivity contribution in [3.05, 3.63) is 65.3 Å². The van der Waals surface area contributed by atoms with E-state index in [4.69, 9.17) is 21.1 Å². The van der Waals surface area contributed by atoms with Gasteiger partial charge in [-0.05, 0) is 49.5 Å². The molecule has 0 saturated carbocycles. The third-order valence-electron chi connectivity index (χ3n) is 4.76. The first kappa shape index (κ1) is 24.6. The molecular formula is C23H24ClF3N4O2. The summed E-state index contributed by atoms with van der Waals surface area (Å²) in [6.07, 6.45) is -2.88. The van der Waals surface area contributed by atoms with Crippen LogP contribution in [0.4, 0.5) is 24.8 Å². The molecule has 33 heavy (non-hydrogen) atoms. The van der Waals surface area contributed by atoms with E-state index in [0.29, 0.717) is 24.1 Å². The Hall–Kier alpha value is -3.04. The van der Waals surface area contributed by atoms with Gasteiger partial charge in [0.15, 0.2) is 0 Å². The van der Waals surface area contributed by atoms with Crippen LogP contribution < -0.4 is 14.8 Å². The summed E-state index contributed by atoms with van der Waals surface area (Å²) in [6, 6.07) is 11.0. The molecular weight excluding hydrogens is 457 g/mol. The van der Waals surface area contributed by atoms with Gasteiger partial charge in [0.2, 0.25) is 11.8 Å². The third kappa shape index (κ3) is 7.23. The lowest BCUT2D eigenvalue weighted by atomic mass is 10.2. The van der Waals surface area contributed by atoms with Crippen LogP contribution in [0, 0.1) is 0 Å². The van der Waals surface area contributed by atoms with Crippen LogP contribution in [-0.2, 0) is 6.18 Å². The van der Waals surface area contributed by atoms with E-state index in [1.165, 1.54) is 12.1 Å². The number of benzene rings is 2. The first-order valence-corrected chi connectivity index (χ1v) is 10.8. The van der Waals surface area contributed by atoms with E-state index in [1.807, 2.05) is 0 Å². The van der Waals surface area contributed by atoms with Gasteiger partial charge in [0.25, 0.3) is 0 Å². The summed E-state index contributed by atoms with van der Waals surface area (Å²) in [7, 11) is 0. The van der Waals surface area contributed by atoms with Crippen molar-refractivity contribution in [3.8, 4) is 17.4 Å². The number of aromatic nitrogens is 2. The van der Waals surface area contributed by atoms with Crippen LogP contribution in [0.15, 0.2) is 54.7 Å². The fraction of sp³-hybridized carbons (Fsp3) is 0.304. The molecule has 1 N–H and O–H groups in total. The molecule has 0 fully saturated rings. The summed E-state index contributed by atoms with van der Waals surface area (Å²) < 4.78 is 49.9. The van der Waals surface area contributed by atoms with E-state index in [9.17, 15) is 13.2 Å². The van der Waals surface area contributed by atoms with Crippen LogP contribution in [0.2, 0.25) is 5.02 Å². The van der Waals surface area contributed by atoms with Crippen molar-refractivity contribution in [2.75, 3.05) is 31.6 Å². The number of nitrogens with zero attached hydrogens (tertiary/aromatic N) is 3. The van der Waals surface area contributed by atoms with Gasteiger partial charge in [0.1, 0.15) is 18.1 Å². The number of anilines is 2. The summed E-state index contributed by atoms with van der Waals surface area (Å²) in [5.74, 6) is 1.01. The van der Waals surface area contributed by atoms with E-state index < -0.39 is 11.7 Å². The van der Waals surface area contributed by atoms with Crippen molar-refractivity contribution in [2.24, 2.45) is 0 Å². The SMILES string of the molecule is CCN(CC)CCOc1ccnc(Nc2ccc(Oc3cccc(C(F)(F)F)c3)c(Cl)c2)n1. The number of rotatable bonds is 10. The Balaban J connectivity index is 1.64. The number of halogens is 4. The predicted molar refractivity (Wildman–Crippen MR) is 122 cm³/mol. The molecule has 3 rings (SSSR count). The fourth-order valence-electron chi connectivity index (χ4n) is 2.96. The summed E-state index contributed by atoms with van der Waals surface area (Å²) in [6.45, 7) is 7.39. The minimum absolute atomic E-state index is 0.0327. The monoisotopic (exact) mass is 480 g/mol. The molecule has 0 radical (unpaired) electrons. The maximum absolute atomic E-state index is 12.9. The van der Waals surface area contributed by atoms with Crippen LogP contribution in [0.3, 0.4) is 0 Å². The quantitative estimate of drug-likeness (QED) is 0.362. The fourth-order valence-corrected chi connectivity index (χ4v) is 3.17. The molecule has 0 atom stereocenters. The average molecular weight is 481 g/mol. The highest BCUT2D eigenvalue weighted by Crippen LogP contribution is 2.35. The van der Waals surface area contributed by atoms with Crippen LogP contribution >= 0.6 is 11.6 Å². The van der Waals surface area contributed by atoms with Gasteiger partial charge in [-0.15, -0.1) is 0 Å². The maximum Gasteiger partial charge on any atom is 0.416 e. The molecule has 0 aliphatic rings. The highest BCUT2D eigenvalue weighted by molar-refractivity contribution is 6.32. The summed E-state index contributed by atoms with van der Waals surface area (Å²) in [4.78, 5) is 10.7. The Labute approximate surface area is 195 Å². The molecule has 6 nitrogen and oxygen atoms in total. The van der Waals surface area contributed by atoms with Gasteiger partial charge < -0.3 is 19.7 Å². The molecule has 3 aromatic rings. The minimum Gasteiger partial charge on any atom is -0.476 e. The smallest absolute Gasteiger partial charge is 0.416 e. The van der Waals surface area contributed by atoms with Crippen molar-refractivity contribution >= 4 is 23.2 Å². The van der Waals surface area contributed by atoms with Crippen LogP contribution in [-0.4, -0.2) is 41.1 Å². The maximum atomic E-state index is 12.9. The Morgan fingerprint density at radius 3 is 2.55 bits per heavy atom. The zero-order valence-electron chi connectivity index (χ0n) is 18.2. The summed E-state index contributed by atoms with van der Waals surface area (Å²) in [5.41, 5.74) is -0.220. The molecule has 0 unspecified atom stereocenters. The molecule has 0 aliphatic carbocycles. The van der Waals surface area contributed by atoms with Crippen molar-refractivity contribution in [2.45, 2.75) is 20.0 Å². The Kier molecular flexibility index (Phi) is 8.35. The van der Waals surface area contributed by atoms with Crippen molar-refractivity contribution in [1.82, 2.24) is 14.9 Å². The molecule has 1 heterocycles. The van der Waals surface area contributed by atoms with Crippen molar-refractivity contribution < 1.29 is 22.6 Å². The molecule has 176 valence electrons. The normalized spacial score (nSPS) is 11.5. The van der Waals surface area contributed by atoms with E-state index >= 15 is 0 Å². The Bertz CT molecular complexity index is 1060. The van der Waals surface area contributed by atoms with E-state index in [-0.39, 0.29) is 16.5 Å². The predicted octanol–water partition coefficient (Wildman–Crippen LogP) is 6.41. The number of hydrogen-bond donors (Lipinski definition) is 1. The van der Waals surface area contributed by atoms with Crippen molar-refractivity contribution in [1.29, 1.82) is 0 Å². The molecule has 0 spiro atoms. The standard InChI is InChI=1S/C23H24ClF3N4O2/c1-3-31(4-2)12-13-32-21-10-11-28-22(30-21)29-17-8-9-20(19(24)15-17)33-18-7-5-6-16(14-18)23(25,26)27/h5-11,14-15H,3-4,12-13H2,1-2H3,(H,28,29,30). The number of ether oxygens (including phenoxy) is 2. The molecule has 10 heteroatoms. The number of likely N-dealkylation sites (N-methyl/N-ethyl adjacent to an activating group) is 1. The number of nitrogens with one attached hydrogen (secondary N) is 1. The zero-order chi connectivity index (χ0) is 23.8. The molecule has 0 bridgehead atoms. The van der Waals surface area contributed by atoms with Gasteiger partial charge >= 0.3 is 6.18 Å². The number of hydrogen-bond acceptors (Lipinski definition) is 6. The molecule has 0 aliphatic heterocycles. The average Bonchev–Trinajstić information content (AvgIpc) is 2.78. The van der Waals surface area contributed by atoms with Gasteiger partial charge in [0, 0.05) is 24.5 Å². The van der Waals surface area contributed by atoms with Crippen LogP contribution in [0.1, 0.15) is 19.4 Å². The lowest BCUT2D eigenvalue weighted by Crippen LogP contribution is -2.28. The van der Waals surface area contributed by atoms with Gasteiger partial charge in [-0.25, -0.2) is 4.98 Å². The van der Waals surface area contributed by atoms with Crippen LogP contribution in [0.5, 0.6) is 17.4 Å². The number of alkyl halides is 3. The Morgan fingerprint density at radius 2 is 1.85 bits per heavy atom. The van der Waals surface area contributed by atoms with Crippen LogP contribution in [0.25, 0.3) is 0 Å². The first-order chi connectivity index (χ1) is 15.8. The van der Waals surface area contributed by atoms with Gasteiger partial charge in [-0.2, -0.15) is 18.2 Å². The van der Waals surface area contributed by atoms with Gasteiger partial charge in [-0.3, -0.25) is 0 Å². The molecule has 0 amide bonds. The minimum atomic E-state index is -4.46. The van der Waals surface area contributed by atoms with Crippen molar-refractivity contribution in [3.63, 3.8) is 0 Å². The highest BCUT2D eigenvalue weighted by atomic mass is 35.5. The zero-order valence-corrected chi connectivity index (χ0v) is 19.0. The third-order valence-corrected chi connectivity index (χ3v) is 5.05. The lowest BCUT2D eigenvalue weighted by molar-refractivity contribution is -0.137. The second-order valence-electron chi connectivity index (χ2n) is 6.99. The highest BCUT2D eigenvalue weighted by Gasteiger charge is 2.30. The largest absolute Gasteiger partial charge is 0.476 e. The Morgan fingerprint density at radius 1 is 1.06 bits per heavy atom. The summed E-state index contributed by atoms with van der Waals surface area (Å²) >= 11 is 6.27. The lowest BCUT2D eigenvalue weighted by Gasteiger charge is -2.17. The van der Waals surface area contributed by atoms with Gasteiger partial charge in [0.05, 0.1) is 10.6 Å². The first-order valence-electron chi connectivity index (χ1n) is 10.4. The van der Waals surface area contributed by atoms with E-state index in [2.05, 4.69) is 34.0 Å².